The number of rotatable bonds is 0. The van der Waals surface area contributed by atoms with Gasteiger partial charge in [-0.05, 0) is 40.8 Å². The van der Waals surface area contributed by atoms with Crippen LogP contribution in [-0.2, 0) is 6.18 Å². The van der Waals surface area contributed by atoms with Crippen LogP contribution < -0.4 is 5.73 Å². The molecule has 0 aliphatic heterocycles. The van der Waals surface area contributed by atoms with Gasteiger partial charge in [-0.3, -0.25) is 0 Å². The topological polar surface area (TPSA) is 26.0 Å². The van der Waals surface area contributed by atoms with Gasteiger partial charge in [-0.25, -0.2) is 0 Å². The van der Waals surface area contributed by atoms with Crippen molar-refractivity contribution in [2.75, 3.05) is 5.73 Å². The first-order valence-electron chi connectivity index (χ1n) is 3.03. The molecule has 0 radical (unpaired) electrons. The van der Waals surface area contributed by atoms with Gasteiger partial charge in [-0.15, -0.1) is 12.4 Å². The van der Waals surface area contributed by atoms with Gasteiger partial charge >= 0.3 is 6.18 Å². The molecule has 0 heterocycles. The lowest BCUT2D eigenvalue weighted by Crippen LogP contribution is -2.07. The van der Waals surface area contributed by atoms with E-state index in [0.717, 1.165) is 6.07 Å². The first-order chi connectivity index (χ1) is 5.41. The molecule has 0 fully saturated rings. The highest BCUT2D eigenvalue weighted by atomic mass is 127. The van der Waals surface area contributed by atoms with Crippen LogP contribution in [0.5, 0.6) is 0 Å². The largest absolute Gasteiger partial charge is 0.417 e. The summed E-state index contributed by atoms with van der Waals surface area (Å²) in [6.07, 6.45) is -4.29. The maximum atomic E-state index is 12.1. The summed E-state index contributed by atoms with van der Waals surface area (Å²) in [5.41, 5.74) is 5.00. The fraction of sp³-hybridized carbons (Fsp3) is 0.143. The zero-order valence-corrected chi connectivity index (χ0v) is 9.20. The van der Waals surface area contributed by atoms with Crippen molar-refractivity contribution in [3.63, 3.8) is 0 Å². The van der Waals surface area contributed by atoms with Crippen LogP contribution in [0, 0.1) is 3.57 Å². The fourth-order valence-electron chi connectivity index (χ4n) is 0.761. The molecule has 13 heavy (non-hydrogen) atoms. The molecular formula is C7H6ClF3IN. The molecule has 0 saturated heterocycles. The lowest BCUT2D eigenvalue weighted by atomic mass is 10.2. The number of anilines is 1. The van der Waals surface area contributed by atoms with Gasteiger partial charge in [0.25, 0.3) is 0 Å². The van der Waals surface area contributed by atoms with E-state index >= 15 is 0 Å². The molecule has 0 saturated carbocycles. The van der Waals surface area contributed by atoms with Crippen molar-refractivity contribution in [3.05, 3.63) is 27.3 Å². The van der Waals surface area contributed by atoms with E-state index in [-0.39, 0.29) is 16.0 Å². The van der Waals surface area contributed by atoms with Crippen molar-refractivity contribution < 1.29 is 13.2 Å². The second-order valence-electron chi connectivity index (χ2n) is 2.24. The molecule has 0 amide bonds. The van der Waals surface area contributed by atoms with E-state index in [1.54, 1.807) is 22.6 Å². The molecule has 2 N–H and O–H groups in total. The third kappa shape index (κ3) is 3.22. The molecule has 0 atom stereocenters. The summed E-state index contributed by atoms with van der Waals surface area (Å²) in [5, 5.41) is 0. The van der Waals surface area contributed by atoms with Gasteiger partial charge in [0.15, 0.2) is 0 Å². The highest BCUT2D eigenvalue weighted by Gasteiger charge is 2.32. The van der Waals surface area contributed by atoms with Crippen molar-refractivity contribution in [2.45, 2.75) is 6.18 Å². The first-order valence-corrected chi connectivity index (χ1v) is 4.11. The van der Waals surface area contributed by atoms with Crippen molar-refractivity contribution in [3.8, 4) is 0 Å². The van der Waals surface area contributed by atoms with Crippen molar-refractivity contribution in [1.29, 1.82) is 0 Å². The Morgan fingerprint density at radius 3 is 2.15 bits per heavy atom. The number of alkyl halides is 3. The van der Waals surface area contributed by atoms with Gasteiger partial charge in [0, 0.05) is 9.26 Å². The Bertz CT molecular complexity index is 300. The molecule has 0 unspecified atom stereocenters. The third-order valence-corrected chi connectivity index (χ3v) is 2.19. The van der Waals surface area contributed by atoms with E-state index in [4.69, 9.17) is 5.73 Å². The van der Waals surface area contributed by atoms with E-state index in [1.165, 1.54) is 12.1 Å². The number of halogens is 5. The van der Waals surface area contributed by atoms with Crippen LogP contribution in [0.1, 0.15) is 5.56 Å². The Kier molecular flexibility index (Phi) is 4.31. The molecule has 0 bridgehead atoms. The summed E-state index contributed by atoms with van der Waals surface area (Å²) in [5.74, 6) is 0. The fourth-order valence-corrected chi connectivity index (χ4v) is 1.61. The molecule has 1 rings (SSSR count). The maximum absolute atomic E-state index is 12.1. The number of nitrogen functional groups attached to an aromatic ring is 1. The average Bonchev–Trinajstić information content (AvgIpc) is 1.83. The lowest BCUT2D eigenvalue weighted by molar-refractivity contribution is -0.138. The average molecular weight is 323 g/mol. The van der Waals surface area contributed by atoms with Crippen LogP contribution in [0.2, 0.25) is 0 Å². The van der Waals surface area contributed by atoms with E-state index in [2.05, 4.69) is 0 Å². The van der Waals surface area contributed by atoms with Crippen molar-refractivity contribution >= 4 is 40.7 Å². The predicted octanol–water partition coefficient (Wildman–Crippen LogP) is 3.31. The summed E-state index contributed by atoms with van der Waals surface area (Å²) in [7, 11) is 0. The quantitative estimate of drug-likeness (QED) is 0.575. The smallest absolute Gasteiger partial charge is 0.399 e. The van der Waals surface area contributed by atoms with Gasteiger partial charge in [-0.1, -0.05) is 0 Å². The minimum absolute atomic E-state index is 0. The van der Waals surface area contributed by atoms with Crippen LogP contribution in [0.15, 0.2) is 18.2 Å². The molecule has 1 aromatic carbocycles. The van der Waals surface area contributed by atoms with Crippen molar-refractivity contribution in [2.24, 2.45) is 0 Å². The molecule has 0 spiro atoms. The number of nitrogens with two attached hydrogens (primary N) is 1. The summed E-state index contributed by atoms with van der Waals surface area (Å²) < 4.78 is 36.5. The number of benzene rings is 1. The van der Waals surface area contributed by atoms with E-state index in [0.29, 0.717) is 5.69 Å². The van der Waals surface area contributed by atoms with Crippen LogP contribution in [0.3, 0.4) is 0 Å². The first kappa shape index (κ1) is 12.8. The monoisotopic (exact) mass is 323 g/mol. The molecule has 1 aromatic rings. The van der Waals surface area contributed by atoms with Crippen LogP contribution in [-0.4, -0.2) is 0 Å². The van der Waals surface area contributed by atoms with E-state index in [9.17, 15) is 13.2 Å². The van der Waals surface area contributed by atoms with Crippen LogP contribution >= 0.6 is 35.0 Å². The Balaban J connectivity index is 0.00000144. The number of hydrogen-bond acceptors (Lipinski definition) is 1. The SMILES string of the molecule is Cl.Nc1ccc(C(F)(F)F)c(I)c1. The van der Waals surface area contributed by atoms with Crippen molar-refractivity contribution in [1.82, 2.24) is 0 Å². The Hall–Kier alpha value is -0.170. The standard InChI is InChI=1S/C7H5F3IN.ClH/c8-7(9,10)5-2-1-4(12)3-6(5)11;/h1-3H,12H2;1H. The highest BCUT2D eigenvalue weighted by molar-refractivity contribution is 14.1. The minimum Gasteiger partial charge on any atom is -0.399 e. The molecule has 0 aromatic heterocycles. The zero-order valence-electron chi connectivity index (χ0n) is 6.23. The van der Waals surface area contributed by atoms with Gasteiger partial charge in [0.2, 0.25) is 0 Å². The summed E-state index contributed by atoms with van der Waals surface area (Å²) in [4.78, 5) is 0. The molecule has 74 valence electrons. The summed E-state index contributed by atoms with van der Waals surface area (Å²) >= 11 is 1.61. The Labute approximate surface area is 93.0 Å². The maximum Gasteiger partial charge on any atom is 0.417 e. The zero-order chi connectivity index (χ0) is 9.35. The predicted molar refractivity (Wildman–Crippen MR) is 55.8 cm³/mol. The molecular weight excluding hydrogens is 317 g/mol. The molecule has 1 nitrogen and oxygen atoms in total. The van der Waals surface area contributed by atoms with Crippen LogP contribution in [0.25, 0.3) is 0 Å². The molecule has 0 aliphatic carbocycles. The second-order valence-corrected chi connectivity index (χ2v) is 3.40. The highest BCUT2D eigenvalue weighted by Crippen LogP contribution is 2.33. The third-order valence-electron chi connectivity index (χ3n) is 1.30. The summed E-state index contributed by atoms with van der Waals surface area (Å²) in [6, 6.07) is 3.52. The number of hydrogen-bond donors (Lipinski definition) is 1. The lowest BCUT2D eigenvalue weighted by Gasteiger charge is -2.08. The second kappa shape index (κ2) is 4.36. The van der Waals surface area contributed by atoms with Crippen LogP contribution in [0.4, 0.5) is 18.9 Å². The van der Waals surface area contributed by atoms with Gasteiger partial charge < -0.3 is 5.73 Å². The van der Waals surface area contributed by atoms with E-state index in [1.807, 2.05) is 0 Å². The molecule has 6 heteroatoms. The Morgan fingerprint density at radius 1 is 1.23 bits per heavy atom. The van der Waals surface area contributed by atoms with Gasteiger partial charge in [0.1, 0.15) is 0 Å². The summed E-state index contributed by atoms with van der Waals surface area (Å²) in [6.45, 7) is 0. The Morgan fingerprint density at radius 2 is 1.77 bits per heavy atom. The minimum atomic E-state index is -4.29. The van der Waals surface area contributed by atoms with E-state index < -0.39 is 11.7 Å². The molecule has 0 aliphatic rings. The van der Waals surface area contributed by atoms with Gasteiger partial charge in [-0.2, -0.15) is 13.2 Å². The van der Waals surface area contributed by atoms with Gasteiger partial charge in [0.05, 0.1) is 5.56 Å². The normalized spacial score (nSPS) is 10.8.